The first-order valence-electron chi connectivity index (χ1n) is 6.00. The predicted octanol–water partition coefficient (Wildman–Crippen LogP) is 3.17. The van der Waals surface area contributed by atoms with E-state index in [1.54, 1.807) is 24.3 Å². The van der Waals surface area contributed by atoms with Crippen molar-refractivity contribution in [2.45, 2.75) is 0 Å². The van der Waals surface area contributed by atoms with E-state index >= 15 is 0 Å². The van der Waals surface area contributed by atoms with Crippen molar-refractivity contribution in [3.63, 3.8) is 0 Å². The minimum atomic E-state index is 0.0420. The summed E-state index contributed by atoms with van der Waals surface area (Å²) in [6.07, 6.45) is 1.51. The zero-order chi connectivity index (χ0) is 14.8. The van der Waals surface area contributed by atoms with Gasteiger partial charge in [0, 0.05) is 11.8 Å². The minimum Gasteiger partial charge on any atom is -0.504 e. The number of aromatic nitrogens is 3. The summed E-state index contributed by atoms with van der Waals surface area (Å²) in [7, 11) is 1.47. The summed E-state index contributed by atoms with van der Waals surface area (Å²) in [4.78, 5) is 8.39. The fraction of sp³-hybridized carbons (Fsp3) is 0.0714. The normalized spacial score (nSPS) is 10.6. The highest BCUT2D eigenvalue weighted by Crippen LogP contribution is 2.31. The van der Waals surface area contributed by atoms with Gasteiger partial charge in [-0.25, -0.2) is 0 Å². The largest absolute Gasteiger partial charge is 0.504 e. The molecular weight excluding hydrogens is 294 g/mol. The molecule has 0 aliphatic rings. The molecule has 0 unspecified atom stereocenters. The highest BCUT2D eigenvalue weighted by Gasteiger charge is 2.13. The minimum absolute atomic E-state index is 0.0420. The van der Waals surface area contributed by atoms with E-state index in [1.165, 1.54) is 19.4 Å². The maximum atomic E-state index is 9.58. The Balaban J connectivity index is 1.96. The molecule has 2 heterocycles. The van der Waals surface area contributed by atoms with Crippen molar-refractivity contribution in [3.8, 4) is 34.5 Å². The predicted molar refractivity (Wildman–Crippen MR) is 76.2 cm³/mol. The van der Waals surface area contributed by atoms with E-state index in [0.717, 1.165) is 0 Å². The summed E-state index contributed by atoms with van der Waals surface area (Å²) < 4.78 is 10.2. The Morgan fingerprint density at radius 1 is 1.24 bits per heavy atom. The van der Waals surface area contributed by atoms with Crippen molar-refractivity contribution in [2.75, 3.05) is 7.11 Å². The number of phenols is 1. The molecule has 106 valence electrons. The molecule has 0 fully saturated rings. The van der Waals surface area contributed by atoms with E-state index in [2.05, 4.69) is 15.1 Å². The third kappa shape index (κ3) is 2.66. The molecule has 21 heavy (non-hydrogen) atoms. The second-order valence-electron chi connectivity index (χ2n) is 4.17. The van der Waals surface area contributed by atoms with Crippen LogP contribution in [0.5, 0.6) is 11.5 Å². The maximum absolute atomic E-state index is 9.58. The Kier molecular flexibility index (Phi) is 3.45. The SMILES string of the molecule is COc1cc(-c2nc(-c3ccc(Cl)cn3)no2)ccc1O. The van der Waals surface area contributed by atoms with Gasteiger partial charge < -0.3 is 14.4 Å². The topological polar surface area (TPSA) is 81.3 Å². The van der Waals surface area contributed by atoms with Gasteiger partial charge in [-0.05, 0) is 30.3 Å². The molecule has 0 saturated heterocycles. The zero-order valence-electron chi connectivity index (χ0n) is 10.9. The number of methoxy groups -OCH3 is 1. The van der Waals surface area contributed by atoms with Gasteiger partial charge in [-0.2, -0.15) is 4.98 Å². The Hall–Kier alpha value is -2.60. The van der Waals surface area contributed by atoms with Crippen LogP contribution in [0.1, 0.15) is 0 Å². The molecule has 3 rings (SSSR count). The van der Waals surface area contributed by atoms with Crippen LogP contribution in [-0.4, -0.2) is 27.3 Å². The van der Waals surface area contributed by atoms with Crippen molar-refractivity contribution >= 4 is 11.6 Å². The van der Waals surface area contributed by atoms with Gasteiger partial charge in [0.2, 0.25) is 5.82 Å². The molecule has 6 nitrogen and oxygen atoms in total. The van der Waals surface area contributed by atoms with Crippen LogP contribution in [0.25, 0.3) is 23.0 Å². The molecule has 1 aromatic carbocycles. The average molecular weight is 304 g/mol. The second-order valence-corrected chi connectivity index (χ2v) is 4.61. The maximum Gasteiger partial charge on any atom is 0.258 e. The number of phenolic OH excluding ortho intramolecular Hbond substituents is 1. The number of nitrogens with zero attached hydrogens (tertiary/aromatic N) is 3. The van der Waals surface area contributed by atoms with Crippen molar-refractivity contribution in [3.05, 3.63) is 41.6 Å². The van der Waals surface area contributed by atoms with Crippen molar-refractivity contribution in [2.24, 2.45) is 0 Å². The van der Waals surface area contributed by atoms with Crippen LogP contribution >= 0.6 is 11.6 Å². The van der Waals surface area contributed by atoms with Gasteiger partial charge in [-0.3, -0.25) is 4.98 Å². The van der Waals surface area contributed by atoms with E-state index in [-0.39, 0.29) is 5.75 Å². The van der Waals surface area contributed by atoms with Gasteiger partial charge in [0.15, 0.2) is 11.5 Å². The molecule has 0 aliphatic carbocycles. The lowest BCUT2D eigenvalue weighted by Gasteiger charge is -2.03. The molecule has 0 bridgehead atoms. The first kappa shape index (κ1) is 13.4. The van der Waals surface area contributed by atoms with Crippen LogP contribution in [0.2, 0.25) is 5.02 Å². The third-order valence-corrected chi connectivity index (χ3v) is 3.03. The standard InChI is InChI=1S/C14H10ClN3O3/c1-20-12-6-8(2-5-11(12)19)14-17-13(18-21-14)10-4-3-9(15)7-16-10/h2-7,19H,1H3. The number of aromatic hydroxyl groups is 1. The number of rotatable bonds is 3. The molecule has 0 radical (unpaired) electrons. The van der Waals surface area contributed by atoms with E-state index in [1.807, 2.05) is 0 Å². The first-order valence-corrected chi connectivity index (χ1v) is 6.38. The second kappa shape index (κ2) is 5.41. The number of halogens is 1. The lowest BCUT2D eigenvalue weighted by Crippen LogP contribution is -1.86. The summed E-state index contributed by atoms with van der Waals surface area (Å²) in [5.74, 6) is 1.03. The summed E-state index contributed by atoms with van der Waals surface area (Å²) in [5, 5.41) is 14.0. The molecule has 2 aromatic heterocycles. The molecule has 0 aliphatic heterocycles. The highest BCUT2D eigenvalue weighted by atomic mass is 35.5. The molecule has 0 amide bonds. The van der Waals surface area contributed by atoms with Gasteiger partial charge in [0.1, 0.15) is 5.69 Å². The number of hydrogen-bond donors (Lipinski definition) is 1. The molecule has 7 heteroatoms. The number of pyridine rings is 1. The molecule has 1 N–H and O–H groups in total. The third-order valence-electron chi connectivity index (χ3n) is 2.81. The van der Waals surface area contributed by atoms with Crippen molar-refractivity contribution < 1.29 is 14.4 Å². The Labute approximate surface area is 125 Å². The lowest BCUT2D eigenvalue weighted by atomic mass is 10.2. The highest BCUT2D eigenvalue weighted by molar-refractivity contribution is 6.30. The average Bonchev–Trinajstić information content (AvgIpc) is 2.98. The Morgan fingerprint density at radius 3 is 2.81 bits per heavy atom. The number of ether oxygens (including phenoxy) is 1. The first-order chi connectivity index (χ1) is 10.2. The Morgan fingerprint density at radius 2 is 2.10 bits per heavy atom. The quantitative estimate of drug-likeness (QED) is 0.800. The molecule has 0 atom stereocenters. The van der Waals surface area contributed by atoms with Gasteiger partial charge in [0.25, 0.3) is 5.89 Å². The lowest BCUT2D eigenvalue weighted by molar-refractivity contribution is 0.373. The summed E-state index contributed by atoms with van der Waals surface area (Å²) >= 11 is 5.78. The zero-order valence-corrected chi connectivity index (χ0v) is 11.7. The number of benzene rings is 1. The van der Waals surface area contributed by atoms with Gasteiger partial charge in [-0.1, -0.05) is 16.8 Å². The summed E-state index contributed by atoms with van der Waals surface area (Å²) in [5.41, 5.74) is 1.19. The van der Waals surface area contributed by atoms with Crippen LogP contribution in [0.4, 0.5) is 0 Å². The van der Waals surface area contributed by atoms with Crippen LogP contribution < -0.4 is 4.74 Å². The van der Waals surface area contributed by atoms with E-state index in [0.29, 0.717) is 33.7 Å². The van der Waals surface area contributed by atoms with Crippen LogP contribution in [0.3, 0.4) is 0 Å². The van der Waals surface area contributed by atoms with E-state index in [4.69, 9.17) is 20.9 Å². The summed E-state index contributed by atoms with van der Waals surface area (Å²) in [6, 6.07) is 8.17. The molecule has 3 aromatic rings. The molecule has 0 spiro atoms. The monoisotopic (exact) mass is 303 g/mol. The fourth-order valence-corrected chi connectivity index (χ4v) is 1.88. The van der Waals surface area contributed by atoms with Crippen molar-refractivity contribution in [1.29, 1.82) is 0 Å². The van der Waals surface area contributed by atoms with Crippen molar-refractivity contribution in [1.82, 2.24) is 15.1 Å². The van der Waals surface area contributed by atoms with Crippen LogP contribution in [0.15, 0.2) is 41.1 Å². The van der Waals surface area contributed by atoms with Gasteiger partial charge in [0.05, 0.1) is 12.1 Å². The van der Waals surface area contributed by atoms with Gasteiger partial charge >= 0.3 is 0 Å². The Bertz CT molecular complexity index is 771. The summed E-state index contributed by atoms with van der Waals surface area (Å²) in [6.45, 7) is 0. The molecule has 0 saturated carbocycles. The fourth-order valence-electron chi connectivity index (χ4n) is 1.76. The van der Waals surface area contributed by atoms with E-state index in [9.17, 15) is 5.11 Å². The van der Waals surface area contributed by atoms with Gasteiger partial charge in [-0.15, -0.1) is 0 Å². The smallest absolute Gasteiger partial charge is 0.258 e. The van der Waals surface area contributed by atoms with Crippen LogP contribution in [-0.2, 0) is 0 Å². The van der Waals surface area contributed by atoms with Crippen LogP contribution in [0, 0.1) is 0 Å². The van der Waals surface area contributed by atoms with E-state index < -0.39 is 0 Å². The number of hydrogen-bond acceptors (Lipinski definition) is 6. The molecular formula is C14H10ClN3O3.